The van der Waals surface area contributed by atoms with Crippen LogP contribution < -0.4 is 26.2 Å². The van der Waals surface area contributed by atoms with Crippen molar-refractivity contribution in [2.24, 2.45) is 5.73 Å². The lowest BCUT2D eigenvalue weighted by Gasteiger charge is -2.34. The minimum atomic E-state index is -0.557. The van der Waals surface area contributed by atoms with E-state index >= 15 is 0 Å². The van der Waals surface area contributed by atoms with Crippen LogP contribution in [0.3, 0.4) is 0 Å². The van der Waals surface area contributed by atoms with E-state index in [1.807, 2.05) is 12.1 Å². The van der Waals surface area contributed by atoms with Crippen molar-refractivity contribution in [2.45, 2.75) is 31.7 Å². The first-order valence-electron chi connectivity index (χ1n) is 12.2. The summed E-state index contributed by atoms with van der Waals surface area (Å²) in [4.78, 5) is 41.1. The molecule has 11 nitrogen and oxygen atoms in total. The number of anilines is 5. The van der Waals surface area contributed by atoms with Gasteiger partial charge in [0, 0.05) is 50.6 Å². The summed E-state index contributed by atoms with van der Waals surface area (Å²) in [7, 11) is 0. The number of pyridine rings is 3. The number of nitrogens with two attached hydrogens (primary N) is 1. The highest BCUT2D eigenvalue weighted by Gasteiger charge is 2.23. The highest BCUT2D eigenvalue weighted by Crippen LogP contribution is 2.26. The number of hydrogen-bond donors (Lipinski definition) is 3. The van der Waals surface area contributed by atoms with Crippen molar-refractivity contribution in [1.82, 2.24) is 15.0 Å². The van der Waals surface area contributed by atoms with Gasteiger partial charge in [0.25, 0.3) is 5.91 Å². The number of primary amides is 1. The largest absolute Gasteiger partial charge is 0.381 e. The number of nitrogens with one attached hydrogen (secondary N) is 2. The second kappa shape index (κ2) is 10.5. The van der Waals surface area contributed by atoms with Gasteiger partial charge in [0.05, 0.1) is 28.7 Å². The number of carbonyl (C=O) groups is 2. The third-order valence-corrected chi connectivity index (χ3v) is 6.61. The average molecular weight is 498 g/mol. The fraction of sp³-hybridized carbons (Fsp3) is 0.308. The Bertz CT molecular complexity index is 1330. The number of hydrogen-bond acceptors (Lipinski definition) is 9. The van der Waals surface area contributed by atoms with Gasteiger partial charge in [-0.15, -0.1) is 0 Å². The highest BCUT2D eigenvalue weighted by atomic mass is 16.2. The van der Waals surface area contributed by atoms with E-state index in [0.717, 1.165) is 43.9 Å². The van der Waals surface area contributed by atoms with Crippen molar-refractivity contribution in [3.05, 3.63) is 60.0 Å². The number of nitriles is 1. The van der Waals surface area contributed by atoms with Crippen LogP contribution in [-0.4, -0.2) is 52.4 Å². The highest BCUT2D eigenvalue weighted by molar-refractivity contribution is 5.98. The average Bonchev–Trinajstić information content (AvgIpc) is 3.35. The molecular formula is C26H27N9O2. The molecule has 0 saturated carbocycles. The molecule has 5 heterocycles. The van der Waals surface area contributed by atoms with E-state index in [9.17, 15) is 9.59 Å². The molecule has 188 valence electrons. The number of nitrogens with zero attached hydrogens (tertiary/aromatic N) is 6. The second-order valence-electron chi connectivity index (χ2n) is 9.08. The molecule has 0 aliphatic carbocycles. The Hall–Kier alpha value is -4.72. The van der Waals surface area contributed by atoms with Crippen molar-refractivity contribution >= 4 is 40.6 Å². The van der Waals surface area contributed by atoms with E-state index in [0.29, 0.717) is 41.4 Å². The third-order valence-electron chi connectivity index (χ3n) is 6.61. The van der Waals surface area contributed by atoms with E-state index in [1.165, 1.54) is 6.20 Å². The molecule has 3 aromatic rings. The standard InChI is InChI=1S/C26H27N9O2/c27-13-17-3-6-24(31-14-17)34-10-7-18(8-11-34)32-21-12-23(30-16-20(21)26(28)37)33-22-5-4-19(15-29-22)35-9-1-2-25(35)36/h3-6,12,14-16,18H,1-2,7-11H2,(H2,28,37)(H2,29,30,32,33). The fourth-order valence-electron chi connectivity index (χ4n) is 4.62. The Kier molecular flexibility index (Phi) is 6.81. The zero-order valence-electron chi connectivity index (χ0n) is 20.2. The molecule has 2 amide bonds. The number of rotatable bonds is 7. The van der Waals surface area contributed by atoms with Crippen LogP contribution in [-0.2, 0) is 4.79 Å². The van der Waals surface area contributed by atoms with Crippen molar-refractivity contribution in [2.75, 3.05) is 40.1 Å². The first-order valence-corrected chi connectivity index (χ1v) is 12.2. The molecule has 0 spiro atoms. The summed E-state index contributed by atoms with van der Waals surface area (Å²) in [5, 5.41) is 15.6. The number of amides is 2. The van der Waals surface area contributed by atoms with Crippen molar-refractivity contribution in [1.29, 1.82) is 5.26 Å². The summed E-state index contributed by atoms with van der Waals surface area (Å²) in [5.41, 5.74) is 7.85. The molecule has 2 aliphatic heterocycles. The van der Waals surface area contributed by atoms with E-state index < -0.39 is 5.91 Å². The van der Waals surface area contributed by atoms with Gasteiger partial charge < -0.3 is 26.2 Å². The molecule has 2 fully saturated rings. The van der Waals surface area contributed by atoms with Crippen LogP contribution in [0.15, 0.2) is 48.9 Å². The van der Waals surface area contributed by atoms with Crippen LogP contribution in [0.5, 0.6) is 0 Å². The summed E-state index contributed by atoms with van der Waals surface area (Å²) in [6, 6.07) is 11.3. The first-order chi connectivity index (χ1) is 18.0. The molecule has 4 N–H and O–H groups in total. The van der Waals surface area contributed by atoms with Gasteiger partial charge in [0.2, 0.25) is 5.91 Å². The van der Waals surface area contributed by atoms with E-state index in [4.69, 9.17) is 11.0 Å². The summed E-state index contributed by atoms with van der Waals surface area (Å²) >= 11 is 0. The normalized spacial score (nSPS) is 15.9. The van der Waals surface area contributed by atoms with Crippen molar-refractivity contribution < 1.29 is 9.59 Å². The minimum absolute atomic E-state index is 0.112. The number of carbonyl (C=O) groups excluding carboxylic acids is 2. The van der Waals surface area contributed by atoms with Crippen LogP contribution in [0.1, 0.15) is 41.6 Å². The molecule has 37 heavy (non-hydrogen) atoms. The van der Waals surface area contributed by atoms with E-state index in [1.54, 1.807) is 35.5 Å². The molecule has 5 rings (SSSR count). The molecule has 0 atom stereocenters. The molecule has 2 saturated heterocycles. The van der Waals surface area contributed by atoms with Crippen molar-refractivity contribution in [3.63, 3.8) is 0 Å². The Morgan fingerprint density at radius 1 is 1.03 bits per heavy atom. The zero-order valence-corrected chi connectivity index (χ0v) is 20.2. The molecule has 0 aromatic carbocycles. The predicted molar refractivity (Wildman–Crippen MR) is 140 cm³/mol. The van der Waals surface area contributed by atoms with Crippen LogP contribution in [0, 0.1) is 11.3 Å². The van der Waals surface area contributed by atoms with Gasteiger partial charge in [-0.25, -0.2) is 15.0 Å². The van der Waals surface area contributed by atoms with Crippen molar-refractivity contribution in [3.8, 4) is 6.07 Å². The van der Waals surface area contributed by atoms with Crippen LogP contribution in [0.4, 0.5) is 28.8 Å². The van der Waals surface area contributed by atoms with Crippen LogP contribution >= 0.6 is 0 Å². The van der Waals surface area contributed by atoms with Gasteiger partial charge in [-0.3, -0.25) is 9.59 Å². The van der Waals surface area contributed by atoms with Gasteiger partial charge in [-0.05, 0) is 43.5 Å². The molecule has 0 bridgehead atoms. The zero-order chi connectivity index (χ0) is 25.8. The molecule has 11 heteroatoms. The number of aromatic nitrogens is 3. The molecular weight excluding hydrogens is 470 g/mol. The molecule has 0 radical (unpaired) electrons. The quantitative estimate of drug-likeness (QED) is 0.447. The minimum Gasteiger partial charge on any atom is -0.381 e. The molecule has 2 aliphatic rings. The summed E-state index contributed by atoms with van der Waals surface area (Å²) in [5.74, 6) is 1.49. The summed E-state index contributed by atoms with van der Waals surface area (Å²) < 4.78 is 0. The SMILES string of the molecule is N#Cc1ccc(N2CCC(Nc3cc(Nc4ccc(N5CCCC5=O)cn4)ncc3C(N)=O)CC2)nc1. The molecule has 3 aromatic heterocycles. The van der Waals surface area contributed by atoms with Crippen LogP contribution in [0.2, 0.25) is 0 Å². The van der Waals surface area contributed by atoms with E-state index in [-0.39, 0.29) is 11.9 Å². The second-order valence-corrected chi connectivity index (χ2v) is 9.08. The van der Waals surface area contributed by atoms with Gasteiger partial charge in [-0.1, -0.05) is 0 Å². The van der Waals surface area contributed by atoms with Gasteiger partial charge in [0.1, 0.15) is 23.5 Å². The van der Waals surface area contributed by atoms with Gasteiger partial charge in [0.15, 0.2) is 0 Å². The topological polar surface area (TPSA) is 153 Å². The maximum atomic E-state index is 12.1. The predicted octanol–water partition coefficient (Wildman–Crippen LogP) is 2.79. The fourth-order valence-corrected chi connectivity index (χ4v) is 4.62. The maximum absolute atomic E-state index is 12.1. The van der Waals surface area contributed by atoms with E-state index in [2.05, 4.69) is 36.6 Å². The Morgan fingerprint density at radius 2 is 1.84 bits per heavy atom. The summed E-state index contributed by atoms with van der Waals surface area (Å²) in [6.45, 7) is 2.28. The first kappa shape index (κ1) is 24.0. The Balaban J connectivity index is 1.24. The lowest BCUT2D eigenvalue weighted by molar-refractivity contribution is -0.117. The smallest absolute Gasteiger partial charge is 0.252 e. The Labute approximate surface area is 214 Å². The molecule has 0 unspecified atom stereocenters. The van der Waals surface area contributed by atoms with Gasteiger partial charge in [-0.2, -0.15) is 5.26 Å². The lowest BCUT2D eigenvalue weighted by atomic mass is 10.0. The maximum Gasteiger partial charge on any atom is 0.252 e. The number of piperidine rings is 1. The third kappa shape index (κ3) is 5.43. The van der Waals surface area contributed by atoms with Crippen LogP contribution in [0.25, 0.3) is 0 Å². The van der Waals surface area contributed by atoms with Gasteiger partial charge >= 0.3 is 0 Å². The Morgan fingerprint density at radius 3 is 2.46 bits per heavy atom. The lowest BCUT2D eigenvalue weighted by Crippen LogP contribution is -2.39. The summed E-state index contributed by atoms with van der Waals surface area (Å²) in [6.07, 6.45) is 7.80. The monoisotopic (exact) mass is 497 g/mol.